The third-order valence-corrected chi connectivity index (χ3v) is 5.04. The van der Waals surface area contributed by atoms with Crippen LogP contribution in [0.15, 0.2) is 45.9 Å². The van der Waals surface area contributed by atoms with Crippen molar-refractivity contribution >= 4 is 33.3 Å². The van der Waals surface area contributed by atoms with Gasteiger partial charge in [0.25, 0.3) is 0 Å². The van der Waals surface area contributed by atoms with Gasteiger partial charge in [0.15, 0.2) is 0 Å². The van der Waals surface area contributed by atoms with Crippen LogP contribution in [0.2, 0.25) is 0 Å². The Morgan fingerprint density at radius 3 is 2.42 bits per heavy atom. The summed E-state index contributed by atoms with van der Waals surface area (Å²) in [7, 11) is 1.73. The fourth-order valence-corrected chi connectivity index (χ4v) is 3.08. The smallest absolute Gasteiger partial charge is 0.369 e. The molecular formula is C19H21BrF3N3. The fourth-order valence-electron chi connectivity index (χ4n) is 2.49. The second-order valence-electron chi connectivity index (χ2n) is 5.87. The van der Waals surface area contributed by atoms with E-state index in [0.29, 0.717) is 16.5 Å². The van der Waals surface area contributed by atoms with E-state index in [0.717, 1.165) is 29.8 Å². The Morgan fingerprint density at radius 1 is 1.15 bits per heavy atom. The summed E-state index contributed by atoms with van der Waals surface area (Å²) in [6.45, 7) is 3.84. The number of nitrogens with two attached hydrogens (primary N) is 1. The highest BCUT2D eigenvalue weighted by atomic mass is 79.9. The zero-order valence-corrected chi connectivity index (χ0v) is 16.4. The average molecular weight is 428 g/mol. The van der Waals surface area contributed by atoms with Crippen molar-refractivity contribution in [3.05, 3.63) is 57.6 Å². The van der Waals surface area contributed by atoms with E-state index < -0.39 is 11.7 Å². The summed E-state index contributed by atoms with van der Waals surface area (Å²) in [5.74, 6) is 0.111. The summed E-state index contributed by atoms with van der Waals surface area (Å²) >= 11 is 3.35. The lowest BCUT2D eigenvalue weighted by molar-refractivity contribution is -0.137. The van der Waals surface area contributed by atoms with Gasteiger partial charge in [-0.05, 0) is 64.2 Å². The number of rotatable bonds is 4. The maximum absolute atomic E-state index is 13.2. The highest BCUT2D eigenvalue weighted by molar-refractivity contribution is 9.10. The molecule has 0 amide bonds. The lowest BCUT2D eigenvalue weighted by Crippen LogP contribution is -2.33. The maximum Gasteiger partial charge on any atom is 0.416 e. The minimum Gasteiger partial charge on any atom is -0.369 e. The van der Waals surface area contributed by atoms with E-state index in [1.165, 1.54) is 0 Å². The Morgan fingerprint density at radius 2 is 1.85 bits per heavy atom. The predicted molar refractivity (Wildman–Crippen MR) is 104 cm³/mol. The van der Waals surface area contributed by atoms with Crippen molar-refractivity contribution in [1.29, 1.82) is 0 Å². The molecule has 2 N–H and O–H groups in total. The Hall–Kier alpha value is -2.02. The number of aliphatic imine (C=N–C) groups is 1. The minimum atomic E-state index is -4.44. The van der Waals surface area contributed by atoms with Crippen LogP contribution < -0.4 is 10.6 Å². The molecule has 2 aromatic carbocycles. The molecule has 26 heavy (non-hydrogen) atoms. The molecule has 0 aromatic heterocycles. The summed E-state index contributed by atoms with van der Waals surface area (Å²) in [6.07, 6.45) is -3.12. The van der Waals surface area contributed by atoms with E-state index in [9.17, 15) is 13.2 Å². The number of anilines is 1. The molecule has 0 radical (unpaired) electrons. The first-order valence-corrected chi connectivity index (χ1v) is 9.03. The highest BCUT2D eigenvalue weighted by Crippen LogP contribution is 2.38. The lowest BCUT2D eigenvalue weighted by atomic mass is 10.1. The minimum absolute atomic E-state index is 0.111. The highest BCUT2D eigenvalue weighted by Gasteiger charge is 2.32. The summed E-state index contributed by atoms with van der Waals surface area (Å²) in [6, 6.07) is 9.90. The van der Waals surface area contributed by atoms with Gasteiger partial charge in [-0.1, -0.05) is 26.0 Å². The van der Waals surface area contributed by atoms with Crippen LogP contribution in [-0.4, -0.2) is 13.0 Å². The second kappa shape index (κ2) is 8.12. The molecule has 0 aliphatic carbocycles. The number of hydrogen-bond acceptors (Lipinski definition) is 1. The van der Waals surface area contributed by atoms with Crippen molar-refractivity contribution in [1.82, 2.24) is 0 Å². The molecule has 3 nitrogen and oxygen atoms in total. The average Bonchev–Trinajstić information content (AvgIpc) is 2.61. The lowest BCUT2D eigenvalue weighted by Gasteiger charge is -2.20. The first kappa shape index (κ1) is 20.3. The fraction of sp³-hybridized carbons (Fsp3) is 0.316. The number of hydrogen-bond donors (Lipinski definition) is 1. The van der Waals surface area contributed by atoms with Gasteiger partial charge in [-0.2, -0.15) is 13.2 Å². The summed E-state index contributed by atoms with van der Waals surface area (Å²) in [4.78, 5) is 5.90. The molecule has 2 aromatic rings. The van der Waals surface area contributed by atoms with Crippen molar-refractivity contribution < 1.29 is 13.2 Å². The molecular weight excluding hydrogens is 407 g/mol. The normalized spacial score (nSPS) is 12.3. The quantitative estimate of drug-likeness (QED) is 0.503. The Labute approximate surface area is 159 Å². The van der Waals surface area contributed by atoms with E-state index in [-0.39, 0.29) is 11.6 Å². The molecule has 0 aliphatic rings. The van der Waals surface area contributed by atoms with Crippen molar-refractivity contribution in [2.45, 2.75) is 32.9 Å². The van der Waals surface area contributed by atoms with E-state index in [1.807, 2.05) is 31.2 Å². The third kappa shape index (κ3) is 4.58. The van der Waals surface area contributed by atoms with Crippen LogP contribution in [0.4, 0.5) is 24.5 Å². The van der Waals surface area contributed by atoms with E-state index in [4.69, 9.17) is 5.73 Å². The van der Waals surface area contributed by atoms with Gasteiger partial charge < -0.3 is 10.6 Å². The van der Waals surface area contributed by atoms with Crippen LogP contribution >= 0.6 is 15.9 Å². The van der Waals surface area contributed by atoms with Crippen molar-refractivity contribution in [3.63, 3.8) is 0 Å². The molecule has 2 rings (SSSR count). The molecule has 0 fully saturated rings. The second-order valence-corrected chi connectivity index (χ2v) is 6.67. The van der Waals surface area contributed by atoms with E-state index >= 15 is 0 Å². The Balaban J connectivity index is 2.46. The van der Waals surface area contributed by atoms with Crippen molar-refractivity contribution in [2.24, 2.45) is 10.7 Å². The topological polar surface area (TPSA) is 41.6 Å². The van der Waals surface area contributed by atoms with E-state index in [1.54, 1.807) is 18.9 Å². The standard InChI is InChI=1S/C19H21BrF3N3/c1-4-12-7-6-8-15(9-12)26(3)18(24)25-16-11-14(19(21,22)23)10-13(5-2)17(16)20/h6-11H,4-5H2,1-3H3,(H2,24,25). The first-order valence-electron chi connectivity index (χ1n) is 8.23. The zero-order valence-electron chi connectivity index (χ0n) is 14.9. The van der Waals surface area contributed by atoms with Gasteiger partial charge in [0.2, 0.25) is 5.96 Å². The van der Waals surface area contributed by atoms with Gasteiger partial charge in [-0.3, -0.25) is 0 Å². The SMILES string of the molecule is CCc1cccc(N(C)C(N)=Nc2cc(C(F)(F)F)cc(CC)c2Br)c1. The molecule has 0 saturated carbocycles. The van der Waals surface area contributed by atoms with Crippen molar-refractivity contribution in [2.75, 3.05) is 11.9 Å². The Kier molecular flexibility index (Phi) is 6.34. The number of aryl methyl sites for hydroxylation is 2. The number of nitrogens with zero attached hydrogens (tertiary/aromatic N) is 2. The first-order chi connectivity index (χ1) is 12.2. The van der Waals surface area contributed by atoms with Gasteiger partial charge >= 0.3 is 6.18 Å². The van der Waals surface area contributed by atoms with Crippen LogP contribution in [0.1, 0.15) is 30.5 Å². The summed E-state index contributed by atoms with van der Waals surface area (Å²) in [5, 5.41) is 0. The molecule has 0 spiro atoms. The van der Waals surface area contributed by atoms with E-state index in [2.05, 4.69) is 20.9 Å². The van der Waals surface area contributed by atoms with Gasteiger partial charge in [0, 0.05) is 17.2 Å². The van der Waals surface area contributed by atoms with Crippen LogP contribution in [0.3, 0.4) is 0 Å². The van der Waals surface area contributed by atoms with Crippen LogP contribution in [0.5, 0.6) is 0 Å². The summed E-state index contributed by atoms with van der Waals surface area (Å²) < 4.78 is 40.0. The predicted octanol–water partition coefficient (Wildman–Crippen LogP) is 5.68. The monoisotopic (exact) mass is 427 g/mol. The molecule has 7 heteroatoms. The largest absolute Gasteiger partial charge is 0.416 e. The molecule has 0 aliphatic heterocycles. The maximum atomic E-state index is 13.2. The van der Waals surface area contributed by atoms with Crippen LogP contribution in [0.25, 0.3) is 0 Å². The molecule has 140 valence electrons. The van der Waals surface area contributed by atoms with Crippen molar-refractivity contribution in [3.8, 4) is 0 Å². The van der Waals surface area contributed by atoms with Crippen LogP contribution in [0, 0.1) is 0 Å². The summed E-state index contributed by atoms with van der Waals surface area (Å²) in [5.41, 5.74) is 7.98. The molecule has 0 unspecified atom stereocenters. The molecule has 0 saturated heterocycles. The Bertz CT molecular complexity index is 816. The van der Waals surface area contributed by atoms with Gasteiger partial charge in [0.1, 0.15) is 0 Å². The van der Waals surface area contributed by atoms with Gasteiger partial charge in [-0.25, -0.2) is 4.99 Å². The van der Waals surface area contributed by atoms with Gasteiger partial charge in [0.05, 0.1) is 11.3 Å². The number of halogens is 4. The van der Waals surface area contributed by atoms with Gasteiger partial charge in [-0.15, -0.1) is 0 Å². The molecule has 0 atom stereocenters. The number of alkyl halides is 3. The third-order valence-electron chi connectivity index (χ3n) is 4.12. The molecule has 0 bridgehead atoms. The van der Waals surface area contributed by atoms with Crippen LogP contribution in [-0.2, 0) is 19.0 Å². The number of guanidine groups is 1. The zero-order chi connectivity index (χ0) is 19.5. The number of benzene rings is 2. The molecule has 0 heterocycles.